The summed E-state index contributed by atoms with van der Waals surface area (Å²) >= 11 is 6.92. The van der Waals surface area contributed by atoms with E-state index in [9.17, 15) is 9.18 Å². The number of ether oxygens (including phenoxy) is 1. The lowest BCUT2D eigenvalue weighted by molar-refractivity contribution is -0.118. The smallest absolute Gasteiger partial charge is 0.264 e. The van der Waals surface area contributed by atoms with E-state index in [-0.39, 0.29) is 18.3 Å². The predicted octanol–water partition coefficient (Wildman–Crippen LogP) is 4.32. The Morgan fingerprint density at radius 3 is 2.76 bits per heavy atom. The molecule has 0 unspecified atom stereocenters. The summed E-state index contributed by atoms with van der Waals surface area (Å²) in [5.41, 5.74) is 1.51. The first-order valence-corrected chi connectivity index (χ1v) is 8.45. The van der Waals surface area contributed by atoms with Crippen LogP contribution in [0.4, 0.5) is 9.52 Å². The number of halogens is 2. The average molecular weight is 378 g/mol. The van der Waals surface area contributed by atoms with Gasteiger partial charge in [-0.1, -0.05) is 11.6 Å². The highest BCUT2D eigenvalue weighted by molar-refractivity contribution is 7.10. The highest BCUT2D eigenvalue weighted by atomic mass is 35.5. The summed E-state index contributed by atoms with van der Waals surface area (Å²) in [6, 6.07) is 11.0. The third-order valence-electron chi connectivity index (χ3n) is 3.27. The van der Waals surface area contributed by atoms with Gasteiger partial charge < -0.3 is 4.74 Å². The Hall–Kier alpha value is -2.51. The molecule has 25 heavy (non-hydrogen) atoms. The van der Waals surface area contributed by atoms with Gasteiger partial charge in [-0.2, -0.15) is 9.36 Å². The van der Waals surface area contributed by atoms with Crippen molar-refractivity contribution in [1.29, 1.82) is 0 Å². The van der Waals surface area contributed by atoms with Crippen LogP contribution in [0.2, 0.25) is 5.02 Å². The van der Waals surface area contributed by atoms with E-state index in [4.69, 9.17) is 16.3 Å². The Morgan fingerprint density at radius 1 is 1.28 bits per heavy atom. The summed E-state index contributed by atoms with van der Waals surface area (Å²) in [6.07, 6.45) is 0. The molecule has 0 saturated carbocycles. The second kappa shape index (κ2) is 7.58. The number of carbonyl (C=O) groups excluding carboxylic acids is 1. The fourth-order valence-corrected chi connectivity index (χ4v) is 2.90. The summed E-state index contributed by atoms with van der Waals surface area (Å²) < 4.78 is 22.6. The number of carbonyl (C=O) groups is 1. The van der Waals surface area contributed by atoms with E-state index >= 15 is 0 Å². The monoisotopic (exact) mass is 377 g/mol. The van der Waals surface area contributed by atoms with E-state index in [1.165, 1.54) is 12.1 Å². The fraction of sp³-hybridized carbons (Fsp3) is 0.118. The number of nitrogens with one attached hydrogen (secondary N) is 1. The van der Waals surface area contributed by atoms with Gasteiger partial charge in [0.15, 0.2) is 12.4 Å². The van der Waals surface area contributed by atoms with E-state index < -0.39 is 0 Å². The van der Waals surface area contributed by atoms with Gasteiger partial charge in [-0.05, 0) is 55.0 Å². The number of hydrogen-bond donors (Lipinski definition) is 1. The quantitative estimate of drug-likeness (QED) is 0.719. The molecule has 8 heteroatoms. The predicted molar refractivity (Wildman–Crippen MR) is 95.6 cm³/mol. The first-order valence-electron chi connectivity index (χ1n) is 7.30. The lowest BCUT2D eigenvalue weighted by Gasteiger charge is -2.08. The molecular weight excluding hydrogens is 365 g/mol. The largest absolute Gasteiger partial charge is 0.483 e. The molecule has 1 N–H and O–H groups in total. The number of amides is 1. The van der Waals surface area contributed by atoms with Crippen molar-refractivity contribution in [2.45, 2.75) is 6.92 Å². The van der Waals surface area contributed by atoms with E-state index in [0.29, 0.717) is 27.3 Å². The third-order valence-corrected chi connectivity index (χ3v) is 4.14. The molecule has 0 spiro atoms. The zero-order chi connectivity index (χ0) is 17.8. The summed E-state index contributed by atoms with van der Waals surface area (Å²) in [6.45, 7) is 1.69. The van der Waals surface area contributed by atoms with Gasteiger partial charge >= 0.3 is 0 Å². The van der Waals surface area contributed by atoms with Gasteiger partial charge in [-0.3, -0.25) is 10.1 Å². The lowest BCUT2D eigenvalue weighted by Crippen LogP contribution is -2.20. The minimum atomic E-state index is -0.351. The SMILES string of the molecule is Cc1cc(Cl)ccc1OCC(=O)Nc1nc(-c2ccc(F)cc2)ns1. The van der Waals surface area contributed by atoms with Gasteiger partial charge in [0.25, 0.3) is 5.91 Å². The molecule has 0 aliphatic heterocycles. The molecule has 0 radical (unpaired) electrons. The van der Waals surface area contributed by atoms with Crippen molar-refractivity contribution < 1.29 is 13.9 Å². The highest BCUT2D eigenvalue weighted by Gasteiger charge is 2.11. The molecule has 128 valence electrons. The minimum absolute atomic E-state index is 0.159. The van der Waals surface area contributed by atoms with E-state index in [1.807, 2.05) is 6.92 Å². The molecule has 5 nitrogen and oxygen atoms in total. The number of nitrogens with zero attached hydrogens (tertiary/aromatic N) is 2. The number of aryl methyl sites for hydroxylation is 1. The van der Waals surface area contributed by atoms with E-state index in [0.717, 1.165) is 17.1 Å². The van der Waals surface area contributed by atoms with Crippen molar-refractivity contribution in [3.05, 3.63) is 58.9 Å². The van der Waals surface area contributed by atoms with Crippen LogP contribution in [0.25, 0.3) is 11.4 Å². The van der Waals surface area contributed by atoms with Crippen molar-refractivity contribution in [2.75, 3.05) is 11.9 Å². The Labute approximate surface area is 152 Å². The molecule has 1 aromatic heterocycles. The van der Waals surface area contributed by atoms with Crippen LogP contribution in [0.3, 0.4) is 0 Å². The second-order valence-corrected chi connectivity index (χ2v) is 6.36. The van der Waals surface area contributed by atoms with Gasteiger partial charge in [0.05, 0.1) is 0 Å². The summed E-state index contributed by atoms with van der Waals surface area (Å²) in [5.74, 6) is 0.330. The number of aromatic nitrogens is 2. The van der Waals surface area contributed by atoms with Crippen LogP contribution in [0, 0.1) is 12.7 Å². The maximum atomic E-state index is 12.9. The van der Waals surface area contributed by atoms with Crippen molar-refractivity contribution in [1.82, 2.24) is 9.36 Å². The molecule has 0 bridgehead atoms. The molecule has 1 amide bonds. The Balaban J connectivity index is 1.59. The zero-order valence-corrected chi connectivity index (χ0v) is 14.7. The number of benzene rings is 2. The standard InChI is InChI=1S/C17H13ClFN3O2S/c1-10-8-12(18)4-7-14(10)24-9-15(23)20-17-21-16(22-25-17)11-2-5-13(19)6-3-11/h2-8H,9H2,1H3,(H,20,21,22,23). The third kappa shape index (κ3) is 4.52. The van der Waals surface area contributed by atoms with E-state index in [1.54, 1.807) is 30.3 Å². The molecule has 3 rings (SSSR count). The molecular formula is C17H13ClFN3O2S. The number of rotatable bonds is 5. The van der Waals surface area contributed by atoms with Gasteiger partial charge in [0, 0.05) is 22.1 Å². The van der Waals surface area contributed by atoms with Crippen molar-refractivity contribution in [3.63, 3.8) is 0 Å². The molecule has 0 aliphatic rings. The first-order chi connectivity index (χ1) is 12.0. The van der Waals surface area contributed by atoms with E-state index in [2.05, 4.69) is 14.7 Å². The van der Waals surface area contributed by atoms with Gasteiger partial charge in [-0.25, -0.2) is 4.39 Å². The van der Waals surface area contributed by atoms with Gasteiger partial charge in [0.1, 0.15) is 11.6 Å². The van der Waals surface area contributed by atoms with Gasteiger partial charge in [0.2, 0.25) is 5.13 Å². The summed E-state index contributed by atoms with van der Waals surface area (Å²) in [7, 11) is 0. The van der Waals surface area contributed by atoms with Crippen LogP contribution in [0.15, 0.2) is 42.5 Å². The maximum Gasteiger partial charge on any atom is 0.264 e. The van der Waals surface area contributed by atoms with Crippen LogP contribution >= 0.6 is 23.1 Å². The minimum Gasteiger partial charge on any atom is -0.483 e. The topological polar surface area (TPSA) is 64.1 Å². The molecule has 1 heterocycles. The van der Waals surface area contributed by atoms with Crippen LogP contribution in [-0.2, 0) is 4.79 Å². The average Bonchev–Trinajstić information content (AvgIpc) is 3.03. The molecule has 3 aromatic rings. The molecule has 2 aromatic carbocycles. The molecule has 0 fully saturated rings. The molecule has 0 atom stereocenters. The lowest BCUT2D eigenvalue weighted by atomic mass is 10.2. The summed E-state index contributed by atoms with van der Waals surface area (Å²) in [5, 5.41) is 3.58. The first kappa shape index (κ1) is 17.3. The normalized spacial score (nSPS) is 10.5. The zero-order valence-electron chi connectivity index (χ0n) is 13.1. The van der Waals surface area contributed by atoms with Crippen LogP contribution < -0.4 is 10.1 Å². The van der Waals surface area contributed by atoms with Crippen LogP contribution in [0.1, 0.15) is 5.56 Å². The van der Waals surface area contributed by atoms with Crippen LogP contribution in [0.5, 0.6) is 5.75 Å². The van der Waals surface area contributed by atoms with Crippen LogP contribution in [-0.4, -0.2) is 21.9 Å². The molecule has 0 saturated heterocycles. The Kier molecular flexibility index (Phi) is 5.25. The maximum absolute atomic E-state index is 12.9. The summed E-state index contributed by atoms with van der Waals surface area (Å²) in [4.78, 5) is 16.2. The van der Waals surface area contributed by atoms with Crippen molar-refractivity contribution in [3.8, 4) is 17.1 Å². The highest BCUT2D eigenvalue weighted by Crippen LogP contribution is 2.23. The Morgan fingerprint density at radius 2 is 2.04 bits per heavy atom. The van der Waals surface area contributed by atoms with Gasteiger partial charge in [-0.15, -0.1) is 0 Å². The molecule has 0 aliphatic carbocycles. The fourth-order valence-electron chi connectivity index (χ4n) is 2.06. The Bertz CT molecular complexity index is 899. The number of hydrogen-bond acceptors (Lipinski definition) is 5. The van der Waals surface area contributed by atoms with Crippen molar-refractivity contribution >= 4 is 34.2 Å². The second-order valence-electron chi connectivity index (χ2n) is 5.18. The van der Waals surface area contributed by atoms with Crippen molar-refractivity contribution in [2.24, 2.45) is 0 Å². The number of anilines is 1.